The molecule has 212 valence electrons. The Labute approximate surface area is 240 Å². The van der Waals surface area contributed by atoms with E-state index in [0.29, 0.717) is 0 Å². The molecule has 0 radical (unpaired) electrons. The number of aryl methyl sites for hydroxylation is 1. The zero-order chi connectivity index (χ0) is 29.4. The first-order valence-electron chi connectivity index (χ1n) is 13.1. The fourth-order valence-corrected chi connectivity index (χ4v) is 6.02. The van der Waals surface area contributed by atoms with Crippen LogP contribution in [0.2, 0.25) is 0 Å². The Kier molecular flexibility index (Phi) is 9.52. The van der Waals surface area contributed by atoms with Gasteiger partial charge in [0.15, 0.2) is 0 Å². The topological polar surface area (TPSA) is 86.8 Å². The minimum atomic E-state index is -4.35. The molecular formula is C32H32FN3O4S. The van der Waals surface area contributed by atoms with Crippen molar-refractivity contribution in [3.05, 3.63) is 132 Å². The summed E-state index contributed by atoms with van der Waals surface area (Å²) in [6, 6.07) is 28.7. The highest BCUT2D eigenvalue weighted by molar-refractivity contribution is 7.92. The Bertz CT molecular complexity index is 1600. The number of hydrogen-bond donors (Lipinski definition) is 1. The number of benzene rings is 4. The third-order valence-corrected chi connectivity index (χ3v) is 8.62. The van der Waals surface area contributed by atoms with Gasteiger partial charge in [-0.1, -0.05) is 84.9 Å². The SMILES string of the molecule is CNC(=O)C(Cc1ccccc1)N(Cc1ccccc1C)C(=O)CN(c1ccccc1F)S(=O)(=O)c1ccccc1. The molecule has 0 saturated heterocycles. The van der Waals surface area contributed by atoms with Crippen molar-refractivity contribution in [3.63, 3.8) is 0 Å². The lowest BCUT2D eigenvalue weighted by Crippen LogP contribution is -2.53. The van der Waals surface area contributed by atoms with Gasteiger partial charge < -0.3 is 10.2 Å². The number of nitrogens with zero attached hydrogens (tertiary/aromatic N) is 2. The molecule has 41 heavy (non-hydrogen) atoms. The second-order valence-electron chi connectivity index (χ2n) is 9.54. The molecule has 0 aromatic heterocycles. The number of nitrogens with one attached hydrogen (secondary N) is 1. The van der Waals surface area contributed by atoms with Gasteiger partial charge in [0, 0.05) is 20.0 Å². The molecule has 1 N–H and O–H groups in total. The maximum Gasteiger partial charge on any atom is 0.264 e. The Morgan fingerprint density at radius 2 is 1.41 bits per heavy atom. The van der Waals surface area contributed by atoms with E-state index >= 15 is 4.39 Å². The lowest BCUT2D eigenvalue weighted by atomic mass is 10.0. The lowest BCUT2D eigenvalue weighted by Gasteiger charge is -2.34. The van der Waals surface area contributed by atoms with E-state index in [1.54, 1.807) is 18.2 Å². The molecule has 7 nitrogen and oxygen atoms in total. The lowest BCUT2D eigenvalue weighted by molar-refractivity contribution is -0.139. The van der Waals surface area contributed by atoms with E-state index < -0.39 is 40.2 Å². The summed E-state index contributed by atoms with van der Waals surface area (Å²) in [5, 5.41) is 2.65. The Balaban J connectivity index is 1.80. The number of halogens is 1. The van der Waals surface area contributed by atoms with Gasteiger partial charge in [0.2, 0.25) is 11.8 Å². The van der Waals surface area contributed by atoms with Crippen LogP contribution in [-0.2, 0) is 32.6 Å². The zero-order valence-corrected chi connectivity index (χ0v) is 23.7. The number of hydrogen-bond acceptors (Lipinski definition) is 4. The van der Waals surface area contributed by atoms with Crippen molar-refractivity contribution in [1.29, 1.82) is 0 Å². The Morgan fingerprint density at radius 1 is 0.829 bits per heavy atom. The fourth-order valence-electron chi connectivity index (χ4n) is 4.58. The standard InChI is InChI=1S/C32H32FN3O4S/c1-24-13-9-10-16-26(24)22-35(30(32(38)34-2)21-25-14-5-3-6-15-25)31(37)23-36(29-20-12-11-19-28(29)33)41(39,40)27-17-7-4-8-18-27/h3-20,30H,21-23H2,1-2H3,(H,34,38). The molecule has 0 fully saturated rings. The normalized spacial score (nSPS) is 11.9. The van der Waals surface area contributed by atoms with Crippen molar-refractivity contribution in [2.45, 2.75) is 30.8 Å². The highest BCUT2D eigenvalue weighted by Crippen LogP contribution is 2.27. The minimum Gasteiger partial charge on any atom is -0.357 e. The van der Waals surface area contributed by atoms with E-state index in [0.717, 1.165) is 27.1 Å². The largest absolute Gasteiger partial charge is 0.357 e. The van der Waals surface area contributed by atoms with Crippen molar-refractivity contribution in [1.82, 2.24) is 10.2 Å². The van der Waals surface area contributed by atoms with Gasteiger partial charge in [0.05, 0.1) is 10.6 Å². The van der Waals surface area contributed by atoms with Crippen LogP contribution in [0.15, 0.2) is 114 Å². The van der Waals surface area contributed by atoms with Gasteiger partial charge in [-0.05, 0) is 47.9 Å². The van der Waals surface area contributed by atoms with Crippen LogP contribution in [0.25, 0.3) is 0 Å². The van der Waals surface area contributed by atoms with E-state index in [4.69, 9.17) is 0 Å². The number of carbonyl (C=O) groups is 2. The van der Waals surface area contributed by atoms with Crippen LogP contribution in [0.4, 0.5) is 10.1 Å². The van der Waals surface area contributed by atoms with Crippen LogP contribution in [0.3, 0.4) is 0 Å². The van der Waals surface area contributed by atoms with E-state index in [2.05, 4.69) is 5.32 Å². The molecule has 0 saturated carbocycles. The molecule has 0 heterocycles. The first-order valence-corrected chi connectivity index (χ1v) is 14.6. The summed E-state index contributed by atoms with van der Waals surface area (Å²) in [6.45, 7) is 1.23. The van der Waals surface area contributed by atoms with Gasteiger partial charge >= 0.3 is 0 Å². The predicted octanol–water partition coefficient (Wildman–Crippen LogP) is 4.72. The van der Waals surface area contributed by atoms with Gasteiger partial charge in [0.1, 0.15) is 18.4 Å². The highest BCUT2D eigenvalue weighted by Gasteiger charge is 2.35. The van der Waals surface area contributed by atoms with Gasteiger partial charge in [-0.3, -0.25) is 13.9 Å². The van der Waals surface area contributed by atoms with Crippen LogP contribution < -0.4 is 9.62 Å². The van der Waals surface area contributed by atoms with Gasteiger partial charge in [-0.2, -0.15) is 0 Å². The molecule has 1 unspecified atom stereocenters. The van der Waals surface area contributed by atoms with Crippen molar-refractivity contribution in [2.75, 3.05) is 17.9 Å². The van der Waals surface area contributed by atoms with Crippen LogP contribution in [0, 0.1) is 12.7 Å². The monoisotopic (exact) mass is 573 g/mol. The van der Waals surface area contributed by atoms with Crippen molar-refractivity contribution in [2.24, 2.45) is 0 Å². The van der Waals surface area contributed by atoms with Crippen molar-refractivity contribution in [3.8, 4) is 0 Å². The average molecular weight is 574 g/mol. The van der Waals surface area contributed by atoms with Crippen molar-refractivity contribution >= 4 is 27.5 Å². The second-order valence-corrected chi connectivity index (χ2v) is 11.4. The second kappa shape index (κ2) is 13.2. The van der Waals surface area contributed by atoms with Crippen LogP contribution in [0.5, 0.6) is 0 Å². The van der Waals surface area contributed by atoms with E-state index in [1.165, 1.54) is 42.3 Å². The molecule has 0 aliphatic rings. The van der Waals surface area contributed by atoms with Gasteiger partial charge in [0.25, 0.3) is 10.0 Å². The van der Waals surface area contributed by atoms with Gasteiger partial charge in [-0.15, -0.1) is 0 Å². The molecule has 4 rings (SSSR count). The molecule has 0 aliphatic heterocycles. The number of anilines is 1. The Morgan fingerprint density at radius 3 is 2.05 bits per heavy atom. The number of carbonyl (C=O) groups excluding carboxylic acids is 2. The zero-order valence-electron chi connectivity index (χ0n) is 22.9. The third kappa shape index (κ3) is 6.99. The number of likely N-dealkylation sites (N-methyl/N-ethyl adjacent to an activating group) is 1. The van der Waals surface area contributed by atoms with E-state index in [-0.39, 0.29) is 23.5 Å². The van der Waals surface area contributed by atoms with E-state index in [9.17, 15) is 18.0 Å². The molecule has 0 spiro atoms. The quantitative estimate of drug-likeness (QED) is 0.282. The summed E-state index contributed by atoms with van der Waals surface area (Å²) in [4.78, 5) is 28.8. The smallest absolute Gasteiger partial charge is 0.264 e. The molecule has 2 amide bonds. The summed E-state index contributed by atoms with van der Waals surface area (Å²) >= 11 is 0. The summed E-state index contributed by atoms with van der Waals surface area (Å²) in [6.07, 6.45) is 0.198. The maximum absolute atomic E-state index is 15.1. The van der Waals surface area contributed by atoms with Crippen LogP contribution >= 0.6 is 0 Å². The maximum atomic E-state index is 15.1. The molecule has 4 aromatic carbocycles. The summed E-state index contributed by atoms with van der Waals surface area (Å²) in [5.74, 6) is -1.85. The molecule has 1 atom stereocenters. The highest BCUT2D eigenvalue weighted by atomic mass is 32.2. The fraction of sp³-hybridized carbons (Fsp3) is 0.188. The summed E-state index contributed by atoms with van der Waals surface area (Å²) in [5.41, 5.74) is 2.27. The molecule has 0 bridgehead atoms. The first-order chi connectivity index (χ1) is 19.7. The molecule has 4 aromatic rings. The van der Waals surface area contributed by atoms with E-state index in [1.807, 2.05) is 61.5 Å². The first kappa shape index (κ1) is 29.5. The van der Waals surface area contributed by atoms with Crippen LogP contribution in [0.1, 0.15) is 16.7 Å². The van der Waals surface area contributed by atoms with Gasteiger partial charge in [-0.25, -0.2) is 12.8 Å². The number of rotatable bonds is 11. The summed E-state index contributed by atoms with van der Waals surface area (Å²) in [7, 11) is -2.86. The third-order valence-electron chi connectivity index (χ3n) is 6.85. The Hall–Kier alpha value is -4.50. The average Bonchev–Trinajstić information content (AvgIpc) is 2.99. The summed E-state index contributed by atoms with van der Waals surface area (Å²) < 4.78 is 43.5. The number of sulfonamides is 1. The molecule has 0 aliphatic carbocycles. The molecule has 9 heteroatoms. The molecular weight excluding hydrogens is 541 g/mol. The van der Waals surface area contributed by atoms with Crippen LogP contribution in [-0.4, -0.2) is 44.8 Å². The minimum absolute atomic E-state index is 0.0485. The van der Waals surface area contributed by atoms with Crippen molar-refractivity contribution < 1.29 is 22.4 Å². The number of para-hydroxylation sites is 1. The number of amides is 2. The predicted molar refractivity (Wildman–Crippen MR) is 157 cm³/mol.